The molecule has 0 fully saturated rings. The molecule has 0 aliphatic rings. The molecule has 1 aromatic carbocycles. The van der Waals surface area contributed by atoms with Crippen molar-refractivity contribution in [2.45, 2.75) is 6.92 Å². The first-order valence-corrected chi connectivity index (χ1v) is 6.22. The lowest BCUT2D eigenvalue weighted by molar-refractivity contribution is -0.119. The van der Waals surface area contributed by atoms with Crippen LogP contribution in [0, 0.1) is 11.7 Å². The Labute approximate surface area is 113 Å². The van der Waals surface area contributed by atoms with E-state index < -0.39 is 5.82 Å². The van der Waals surface area contributed by atoms with Crippen molar-refractivity contribution in [2.24, 2.45) is 5.92 Å². The van der Waals surface area contributed by atoms with Crippen molar-refractivity contribution in [3.05, 3.63) is 27.4 Å². The SMILES string of the molecule is CNCC(C)C(=O)Nc1c(Cl)cc(F)cc1Br. The smallest absolute Gasteiger partial charge is 0.228 e. The summed E-state index contributed by atoms with van der Waals surface area (Å²) in [7, 11) is 1.77. The van der Waals surface area contributed by atoms with Gasteiger partial charge in [0.2, 0.25) is 5.91 Å². The van der Waals surface area contributed by atoms with Gasteiger partial charge in [-0.2, -0.15) is 0 Å². The molecule has 0 saturated heterocycles. The predicted octanol–water partition coefficient (Wildman–Crippen LogP) is 3.04. The monoisotopic (exact) mass is 322 g/mol. The zero-order valence-electron chi connectivity index (χ0n) is 9.48. The van der Waals surface area contributed by atoms with Crippen molar-refractivity contribution in [1.29, 1.82) is 0 Å². The van der Waals surface area contributed by atoms with Crippen molar-refractivity contribution in [3.8, 4) is 0 Å². The first kappa shape index (κ1) is 14.4. The summed E-state index contributed by atoms with van der Waals surface area (Å²) in [5.41, 5.74) is 0.390. The second-order valence-corrected chi connectivity index (χ2v) is 4.95. The van der Waals surface area contributed by atoms with E-state index in [0.29, 0.717) is 16.7 Å². The molecule has 0 heterocycles. The summed E-state index contributed by atoms with van der Waals surface area (Å²) < 4.78 is 13.4. The maximum absolute atomic E-state index is 13.0. The van der Waals surface area contributed by atoms with Crippen LogP contribution in [0.15, 0.2) is 16.6 Å². The number of anilines is 1. The van der Waals surface area contributed by atoms with Crippen LogP contribution in [0.4, 0.5) is 10.1 Å². The molecule has 1 rings (SSSR count). The second-order valence-electron chi connectivity index (χ2n) is 3.69. The molecule has 0 aliphatic heterocycles. The van der Waals surface area contributed by atoms with Gasteiger partial charge in [0, 0.05) is 16.9 Å². The van der Waals surface area contributed by atoms with E-state index in [1.807, 2.05) is 0 Å². The lowest BCUT2D eigenvalue weighted by Gasteiger charge is -2.14. The first-order valence-electron chi connectivity index (χ1n) is 5.05. The molecule has 17 heavy (non-hydrogen) atoms. The number of nitrogens with one attached hydrogen (secondary N) is 2. The Bertz CT molecular complexity index is 405. The summed E-state index contributed by atoms with van der Waals surface area (Å²) in [6, 6.07) is 2.41. The average molecular weight is 324 g/mol. The topological polar surface area (TPSA) is 41.1 Å². The van der Waals surface area contributed by atoms with E-state index in [0.717, 1.165) is 6.07 Å². The molecule has 1 atom stereocenters. The Morgan fingerprint density at radius 3 is 2.76 bits per heavy atom. The maximum Gasteiger partial charge on any atom is 0.228 e. The minimum absolute atomic E-state index is 0.168. The van der Waals surface area contributed by atoms with Crippen molar-refractivity contribution in [3.63, 3.8) is 0 Å². The van der Waals surface area contributed by atoms with Crippen LogP contribution in [-0.2, 0) is 4.79 Å². The minimum Gasteiger partial charge on any atom is -0.324 e. The van der Waals surface area contributed by atoms with Crippen LogP contribution < -0.4 is 10.6 Å². The number of carbonyl (C=O) groups is 1. The Morgan fingerprint density at radius 2 is 2.24 bits per heavy atom. The van der Waals surface area contributed by atoms with E-state index >= 15 is 0 Å². The van der Waals surface area contributed by atoms with Crippen LogP contribution >= 0.6 is 27.5 Å². The molecule has 0 aliphatic carbocycles. The molecule has 0 saturated carbocycles. The number of carbonyl (C=O) groups excluding carboxylic acids is 1. The van der Waals surface area contributed by atoms with E-state index in [2.05, 4.69) is 26.6 Å². The minimum atomic E-state index is -0.455. The fourth-order valence-electron chi connectivity index (χ4n) is 1.31. The third-order valence-corrected chi connectivity index (χ3v) is 3.14. The highest BCUT2D eigenvalue weighted by molar-refractivity contribution is 9.10. The molecular weight excluding hydrogens is 310 g/mol. The normalized spacial score (nSPS) is 12.3. The molecule has 0 radical (unpaired) electrons. The van der Waals surface area contributed by atoms with Gasteiger partial charge in [-0.15, -0.1) is 0 Å². The van der Waals surface area contributed by atoms with Crippen LogP contribution in [0.1, 0.15) is 6.92 Å². The third-order valence-electron chi connectivity index (χ3n) is 2.21. The van der Waals surface area contributed by atoms with Gasteiger partial charge >= 0.3 is 0 Å². The van der Waals surface area contributed by atoms with Gasteiger partial charge in [0.25, 0.3) is 0 Å². The molecule has 2 N–H and O–H groups in total. The second kappa shape index (κ2) is 6.33. The maximum atomic E-state index is 13.0. The van der Waals surface area contributed by atoms with Crippen molar-refractivity contribution >= 4 is 39.1 Å². The molecule has 3 nitrogen and oxygen atoms in total. The van der Waals surface area contributed by atoms with Crippen LogP contribution in [0.2, 0.25) is 5.02 Å². The highest BCUT2D eigenvalue weighted by Gasteiger charge is 2.16. The quantitative estimate of drug-likeness (QED) is 0.894. The Balaban J connectivity index is 2.85. The van der Waals surface area contributed by atoms with E-state index in [4.69, 9.17) is 11.6 Å². The molecule has 6 heteroatoms. The summed E-state index contributed by atoms with van der Waals surface area (Å²) in [6.07, 6.45) is 0. The first-order chi connectivity index (χ1) is 7.95. The van der Waals surface area contributed by atoms with Gasteiger partial charge in [0.1, 0.15) is 5.82 Å². The highest BCUT2D eigenvalue weighted by Crippen LogP contribution is 2.31. The molecular formula is C11H13BrClFN2O. The molecule has 0 aromatic heterocycles. The van der Waals surface area contributed by atoms with Gasteiger partial charge in [-0.05, 0) is 35.1 Å². The number of benzene rings is 1. The van der Waals surface area contributed by atoms with Crippen LogP contribution in [0.3, 0.4) is 0 Å². The zero-order chi connectivity index (χ0) is 13.0. The van der Waals surface area contributed by atoms with Gasteiger partial charge in [-0.25, -0.2) is 4.39 Å². The summed E-state index contributed by atoms with van der Waals surface area (Å²) in [5.74, 6) is -0.829. The van der Waals surface area contributed by atoms with Gasteiger partial charge in [-0.1, -0.05) is 18.5 Å². The summed E-state index contributed by atoms with van der Waals surface area (Å²) in [5, 5.41) is 5.74. The van der Waals surface area contributed by atoms with Crippen LogP contribution in [-0.4, -0.2) is 19.5 Å². The third kappa shape index (κ3) is 3.94. The summed E-state index contributed by atoms with van der Waals surface area (Å²) in [6.45, 7) is 2.35. The van der Waals surface area contributed by atoms with Gasteiger partial charge in [-0.3, -0.25) is 4.79 Å². The summed E-state index contributed by atoms with van der Waals surface area (Å²) >= 11 is 9.02. The highest BCUT2D eigenvalue weighted by atomic mass is 79.9. The molecule has 1 unspecified atom stereocenters. The molecule has 0 bridgehead atoms. The van der Waals surface area contributed by atoms with Gasteiger partial charge < -0.3 is 10.6 Å². The van der Waals surface area contributed by atoms with E-state index in [-0.39, 0.29) is 16.8 Å². The number of hydrogen-bond acceptors (Lipinski definition) is 2. The lowest BCUT2D eigenvalue weighted by Crippen LogP contribution is -2.28. The predicted molar refractivity (Wildman–Crippen MR) is 70.8 cm³/mol. The van der Waals surface area contributed by atoms with Crippen molar-refractivity contribution < 1.29 is 9.18 Å². The van der Waals surface area contributed by atoms with Gasteiger partial charge in [0.05, 0.1) is 10.7 Å². The molecule has 1 amide bonds. The van der Waals surface area contributed by atoms with E-state index in [1.54, 1.807) is 14.0 Å². The largest absolute Gasteiger partial charge is 0.324 e. The van der Waals surface area contributed by atoms with E-state index in [9.17, 15) is 9.18 Å². The van der Waals surface area contributed by atoms with E-state index in [1.165, 1.54) is 6.07 Å². The Hall–Kier alpha value is -0.650. The lowest BCUT2D eigenvalue weighted by atomic mass is 10.1. The van der Waals surface area contributed by atoms with Crippen LogP contribution in [0.5, 0.6) is 0 Å². The van der Waals surface area contributed by atoms with Crippen molar-refractivity contribution in [2.75, 3.05) is 18.9 Å². The van der Waals surface area contributed by atoms with Crippen LogP contribution in [0.25, 0.3) is 0 Å². The number of amides is 1. The number of rotatable bonds is 4. The van der Waals surface area contributed by atoms with Gasteiger partial charge in [0.15, 0.2) is 0 Å². The molecule has 1 aromatic rings. The molecule has 94 valence electrons. The summed E-state index contributed by atoms with van der Waals surface area (Å²) in [4.78, 5) is 11.8. The molecule has 0 spiro atoms. The standard InChI is InChI=1S/C11H13BrClFN2O/c1-6(5-15-2)11(17)16-10-8(12)3-7(14)4-9(10)13/h3-4,6,15H,5H2,1-2H3,(H,16,17). The Kier molecular flexibility index (Phi) is 5.36. The number of halogens is 3. The fourth-order valence-corrected chi connectivity index (χ4v) is 2.21. The Morgan fingerprint density at radius 1 is 1.59 bits per heavy atom. The number of hydrogen-bond donors (Lipinski definition) is 2. The zero-order valence-corrected chi connectivity index (χ0v) is 11.8. The fraction of sp³-hybridized carbons (Fsp3) is 0.364. The average Bonchev–Trinajstić information content (AvgIpc) is 2.23. The van der Waals surface area contributed by atoms with Crippen molar-refractivity contribution in [1.82, 2.24) is 5.32 Å².